The minimum atomic E-state index is -0.101. The Morgan fingerprint density at radius 2 is 2.46 bits per heavy atom. The van der Waals surface area contributed by atoms with Gasteiger partial charge in [0.25, 0.3) is 5.56 Å². The van der Waals surface area contributed by atoms with Crippen LogP contribution in [-0.2, 0) is 5.88 Å². The van der Waals surface area contributed by atoms with Crippen molar-refractivity contribution in [3.8, 4) is 0 Å². The van der Waals surface area contributed by atoms with Gasteiger partial charge in [-0.25, -0.2) is 8.58 Å². The summed E-state index contributed by atoms with van der Waals surface area (Å²) in [6.45, 7) is 0. The third-order valence-electron chi connectivity index (χ3n) is 1.61. The second-order valence-corrected chi connectivity index (χ2v) is 4.28. The van der Waals surface area contributed by atoms with E-state index in [-0.39, 0.29) is 11.4 Å². The van der Waals surface area contributed by atoms with Crippen molar-refractivity contribution < 1.29 is 0 Å². The summed E-state index contributed by atoms with van der Waals surface area (Å²) in [7, 11) is 0. The molecule has 0 aliphatic carbocycles. The first-order valence-corrected chi connectivity index (χ1v) is 5.57. The Balaban J connectivity index is 2.92. The third kappa shape index (κ3) is 1.41. The molecule has 0 aliphatic heterocycles. The molecule has 2 aromatic rings. The number of aromatic nitrogens is 2. The van der Waals surface area contributed by atoms with E-state index in [2.05, 4.69) is 21.1 Å². The number of hydrogen-bond donors (Lipinski definition) is 0. The van der Waals surface area contributed by atoms with E-state index in [9.17, 15) is 4.79 Å². The Morgan fingerprint density at radius 1 is 1.69 bits per heavy atom. The normalized spacial score (nSPS) is 10.9. The molecule has 2 aromatic heterocycles. The quantitative estimate of drug-likeness (QED) is 0.751. The predicted molar refractivity (Wildman–Crippen MR) is 57.8 cm³/mol. The van der Waals surface area contributed by atoms with E-state index in [0.717, 1.165) is 0 Å². The average Bonchev–Trinajstić information content (AvgIpc) is 2.59. The van der Waals surface area contributed by atoms with Crippen molar-refractivity contribution in [2.24, 2.45) is 0 Å². The molecule has 0 bridgehead atoms. The molecule has 13 heavy (non-hydrogen) atoms. The fourth-order valence-electron chi connectivity index (χ4n) is 1.02. The molecule has 2 heterocycles. The molecule has 0 saturated heterocycles. The monoisotopic (exact) mass is 278 g/mol. The molecule has 0 spiro atoms. The van der Waals surface area contributed by atoms with Crippen LogP contribution in [-0.4, -0.2) is 8.58 Å². The molecular formula is C7H4BrClN2OS. The summed E-state index contributed by atoms with van der Waals surface area (Å²) in [5.74, 6) is 0.740. The van der Waals surface area contributed by atoms with Crippen LogP contribution in [0.4, 0.5) is 0 Å². The topological polar surface area (TPSA) is 34.9 Å². The molecule has 6 heteroatoms. The van der Waals surface area contributed by atoms with Gasteiger partial charge in [-0.05, 0) is 11.4 Å². The van der Waals surface area contributed by atoms with Crippen LogP contribution in [0, 0.1) is 0 Å². The fourth-order valence-corrected chi connectivity index (χ4v) is 2.60. The van der Waals surface area contributed by atoms with Gasteiger partial charge in [0.05, 0.1) is 27.5 Å². The molecule has 0 unspecified atom stereocenters. The molecule has 0 amide bonds. The van der Waals surface area contributed by atoms with Gasteiger partial charge >= 0.3 is 0 Å². The molecular weight excluding hydrogens is 276 g/mol. The van der Waals surface area contributed by atoms with Crippen LogP contribution in [0.15, 0.2) is 16.2 Å². The van der Waals surface area contributed by atoms with Gasteiger partial charge < -0.3 is 0 Å². The summed E-state index contributed by atoms with van der Waals surface area (Å²) in [4.78, 5) is 15.8. The first kappa shape index (κ1) is 9.18. The van der Waals surface area contributed by atoms with Gasteiger partial charge in [0, 0.05) is 0 Å². The van der Waals surface area contributed by atoms with Gasteiger partial charge in [0.2, 0.25) is 0 Å². The number of alkyl halides is 1. The number of thiophene rings is 1. The summed E-state index contributed by atoms with van der Waals surface area (Å²) in [6.07, 6.45) is 0. The van der Waals surface area contributed by atoms with Gasteiger partial charge in [-0.1, -0.05) is 0 Å². The van der Waals surface area contributed by atoms with E-state index in [4.69, 9.17) is 11.6 Å². The van der Waals surface area contributed by atoms with Gasteiger partial charge in [-0.3, -0.25) is 4.79 Å². The van der Waals surface area contributed by atoms with Crippen LogP contribution in [0.2, 0.25) is 0 Å². The lowest BCUT2D eigenvalue weighted by Crippen LogP contribution is -2.16. The van der Waals surface area contributed by atoms with Crippen LogP contribution in [0.25, 0.3) is 10.2 Å². The Bertz CT molecular complexity index is 507. The third-order valence-corrected chi connectivity index (χ3v) is 3.47. The number of halogens is 2. The molecule has 0 atom stereocenters. The van der Waals surface area contributed by atoms with E-state index >= 15 is 0 Å². The summed E-state index contributed by atoms with van der Waals surface area (Å²) < 4.78 is 1.95. The maximum Gasteiger partial charge on any atom is 0.281 e. The number of fused-ring (bicyclic) bond motifs is 1. The van der Waals surface area contributed by atoms with E-state index in [1.54, 1.807) is 0 Å². The molecule has 3 nitrogen and oxygen atoms in total. The van der Waals surface area contributed by atoms with Crippen LogP contribution < -0.4 is 5.56 Å². The lowest BCUT2D eigenvalue weighted by molar-refractivity contribution is 1.00. The van der Waals surface area contributed by atoms with Gasteiger partial charge in [0.1, 0.15) is 10.5 Å². The molecule has 68 valence electrons. The minimum absolute atomic E-state index is 0.101. The van der Waals surface area contributed by atoms with E-state index < -0.39 is 0 Å². The SMILES string of the molecule is O=c1c2sccc2nc(CCl)n1Br. The number of nitrogens with zero attached hydrogens (tertiary/aromatic N) is 2. The molecule has 0 fully saturated rings. The van der Waals surface area contributed by atoms with Gasteiger partial charge in [-0.15, -0.1) is 22.9 Å². The Labute approximate surface area is 91.3 Å². The molecule has 0 aromatic carbocycles. The zero-order chi connectivity index (χ0) is 9.42. The number of rotatable bonds is 1. The summed E-state index contributed by atoms with van der Waals surface area (Å²) >= 11 is 10.1. The average molecular weight is 280 g/mol. The highest BCUT2D eigenvalue weighted by Crippen LogP contribution is 2.16. The highest BCUT2D eigenvalue weighted by atomic mass is 79.9. The Hall–Kier alpha value is -0.390. The van der Waals surface area contributed by atoms with Crippen molar-refractivity contribution >= 4 is 49.3 Å². The summed E-state index contributed by atoms with van der Waals surface area (Å²) in [6, 6.07) is 1.81. The van der Waals surface area contributed by atoms with Crippen LogP contribution >= 0.6 is 39.1 Å². The first-order valence-electron chi connectivity index (χ1n) is 3.45. The smallest absolute Gasteiger partial charge is 0.267 e. The maximum atomic E-state index is 11.6. The summed E-state index contributed by atoms with van der Waals surface area (Å²) in [5.41, 5.74) is 0.608. The standard InChI is InChI=1S/C7H4BrClN2OS/c8-11-5(3-9)10-4-1-2-13-6(4)7(11)12/h1-2H,3H2. The lowest BCUT2D eigenvalue weighted by atomic mass is 10.4. The van der Waals surface area contributed by atoms with Crippen LogP contribution in [0.3, 0.4) is 0 Å². The van der Waals surface area contributed by atoms with E-state index in [1.807, 2.05) is 11.4 Å². The number of hydrogen-bond acceptors (Lipinski definition) is 3. The lowest BCUT2D eigenvalue weighted by Gasteiger charge is -2.00. The highest BCUT2D eigenvalue weighted by molar-refractivity contribution is 9.08. The molecule has 2 rings (SSSR count). The van der Waals surface area contributed by atoms with Gasteiger partial charge in [0.15, 0.2) is 0 Å². The van der Waals surface area contributed by atoms with Crippen molar-refractivity contribution in [3.63, 3.8) is 0 Å². The highest BCUT2D eigenvalue weighted by Gasteiger charge is 2.08. The fraction of sp³-hybridized carbons (Fsp3) is 0.143. The summed E-state index contributed by atoms with van der Waals surface area (Å²) in [5, 5.41) is 1.84. The zero-order valence-corrected chi connectivity index (χ0v) is 9.49. The Morgan fingerprint density at radius 3 is 3.15 bits per heavy atom. The molecule has 0 saturated carbocycles. The van der Waals surface area contributed by atoms with E-state index in [1.165, 1.54) is 14.9 Å². The first-order chi connectivity index (χ1) is 6.24. The second kappa shape index (κ2) is 3.40. The minimum Gasteiger partial charge on any atom is -0.267 e. The largest absolute Gasteiger partial charge is 0.281 e. The van der Waals surface area contributed by atoms with Crippen molar-refractivity contribution in [2.45, 2.75) is 5.88 Å². The predicted octanol–water partition coefficient (Wildman–Crippen LogP) is 2.35. The molecule has 0 aliphatic rings. The van der Waals surface area contributed by atoms with Crippen molar-refractivity contribution in [3.05, 3.63) is 27.6 Å². The van der Waals surface area contributed by atoms with Crippen molar-refractivity contribution in [2.75, 3.05) is 0 Å². The van der Waals surface area contributed by atoms with Gasteiger partial charge in [-0.2, -0.15) is 0 Å². The zero-order valence-electron chi connectivity index (χ0n) is 6.33. The van der Waals surface area contributed by atoms with Crippen LogP contribution in [0.1, 0.15) is 5.82 Å². The van der Waals surface area contributed by atoms with Crippen LogP contribution in [0.5, 0.6) is 0 Å². The molecule has 0 radical (unpaired) electrons. The van der Waals surface area contributed by atoms with Crippen molar-refractivity contribution in [1.29, 1.82) is 0 Å². The van der Waals surface area contributed by atoms with Crippen molar-refractivity contribution in [1.82, 2.24) is 8.58 Å². The maximum absolute atomic E-state index is 11.6. The van der Waals surface area contributed by atoms with E-state index in [0.29, 0.717) is 16.0 Å². The Kier molecular flexibility index (Phi) is 2.40. The molecule has 0 N–H and O–H groups in total. The second-order valence-electron chi connectivity index (χ2n) is 2.38.